The van der Waals surface area contributed by atoms with Crippen LogP contribution in [0.2, 0.25) is 0 Å². The van der Waals surface area contributed by atoms with Gasteiger partial charge in [0.1, 0.15) is 29.7 Å². The Hall–Kier alpha value is -3.06. The number of rotatable bonds is 5. The van der Waals surface area contributed by atoms with E-state index in [1.54, 1.807) is 58.9 Å². The Kier molecular flexibility index (Phi) is 6.27. The number of carbonyl (C=O) groups excluding carboxylic acids is 1. The Balaban J connectivity index is 1.85. The van der Waals surface area contributed by atoms with Crippen LogP contribution in [-0.2, 0) is 20.9 Å². The first kappa shape index (κ1) is 22.6. The lowest BCUT2D eigenvalue weighted by atomic mass is 10.00. The first-order valence-corrected chi connectivity index (χ1v) is 10.2. The largest absolute Gasteiger partial charge is 0.489 e. The predicted octanol–water partition coefficient (Wildman–Crippen LogP) is 4.76. The molecular weight excluding hydrogens is 398 g/mol. The van der Waals surface area contributed by atoms with Crippen LogP contribution in [0.25, 0.3) is 0 Å². The maximum Gasteiger partial charge on any atom is 0.413 e. The Labute approximate surface area is 182 Å². The van der Waals surface area contributed by atoms with Gasteiger partial charge >= 0.3 is 12.1 Å². The van der Waals surface area contributed by atoms with E-state index in [0.717, 1.165) is 5.56 Å². The number of ether oxygens (including phenoxy) is 3. The van der Waals surface area contributed by atoms with Gasteiger partial charge in [-0.3, -0.25) is 4.90 Å². The molecule has 0 bridgehead atoms. The number of aliphatic carboxylic acids is 1. The zero-order chi connectivity index (χ0) is 22.8. The Morgan fingerprint density at radius 1 is 1.06 bits per heavy atom. The van der Waals surface area contributed by atoms with Crippen molar-refractivity contribution in [2.45, 2.75) is 64.7 Å². The van der Waals surface area contributed by atoms with E-state index in [-0.39, 0.29) is 0 Å². The molecule has 3 rings (SSSR count). The molecule has 1 aliphatic rings. The maximum atomic E-state index is 13.0. The van der Waals surface area contributed by atoms with E-state index in [1.807, 2.05) is 30.3 Å². The average Bonchev–Trinajstić information content (AvgIpc) is 2.98. The van der Waals surface area contributed by atoms with Crippen LogP contribution in [0.15, 0.2) is 54.6 Å². The molecule has 0 spiro atoms. The zero-order valence-corrected chi connectivity index (χ0v) is 18.5. The summed E-state index contributed by atoms with van der Waals surface area (Å²) in [6, 6.07) is 16.0. The van der Waals surface area contributed by atoms with Crippen LogP contribution in [0, 0.1) is 0 Å². The molecule has 7 nitrogen and oxygen atoms in total. The first-order valence-electron chi connectivity index (χ1n) is 10.2. The summed E-state index contributed by atoms with van der Waals surface area (Å²) in [5.74, 6) is -0.505. The zero-order valence-electron chi connectivity index (χ0n) is 18.5. The summed E-state index contributed by atoms with van der Waals surface area (Å²) in [4.78, 5) is 26.2. The quantitative estimate of drug-likeness (QED) is 0.740. The van der Waals surface area contributed by atoms with Gasteiger partial charge in [-0.15, -0.1) is 0 Å². The van der Waals surface area contributed by atoms with Crippen LogP contribution >= 0.6 is 0 Å². The number of hydrogen-bond acceptors (Lipinski definition) is 5. The fourth-order valence-corrected chi connectivity index (χ4v) is 3.56. The van der Waals surface area contributed by atoms with Crippen molar-refractivity contribution in [2.75, 3.05) is 0 Å². The summed E-state index contributed by atoms with van der Waals surface area (Å²) >= 11 is 0. The minimum atomic E-state index is -1.22. The fourth-order valence-electron chi connectivity index (χ4n) is 3.56. The number of carboxylic acids is 1. The normalized spacial score (nSPS) is 20.4. The van der Waals surface area contributed by atoms with Gasteiger partial charge in [-0.1, -0.05) is 42.5 Å². The van der Waals surface area contributed by atoms with Crippen molar-refractivity contribution < 1.29 is 28.9 Å². The Morgan fingerprint density at radius 2 is 1.68 bits per heavy atom. The van der Waals surface area contributed by atoms with Crippen LogP contribution in [0.3, 0.4) is 0 Å². The Bertz CT molecular complexity index is 917. The summed E-state index contributed by atoms with van der Waals surface area (Å²) < 4.78 is 17.1. The van der Waals surface area contributed by atoms with E-state index in [1.165, 1.54) is 4.90 Å². The van der Waals surface area contributed by atoms with Gasteiger partial charge in [0.25, 0.3) is 0 Å². The molecule has 7 heteroatoms. The third kappa shape index (κ3) is 5.35. The van der Waals surface area contributed by atoms with Crippen LogP contribution < -0.4 is 4.74 Å². The van der Waals surface area contributed by atoms with Gasteiger partial charge in [-0.25, -0.2) is 9.59 Å². The van der Waals surface area contributed by atoms with Gasteiger partial charge in [0.2, 0.25) is 0 Å². The average molecular weight is 427 g/mol. The smallest absolute Gasteiger partial charge is 0.413 e. The molecule has 0 aliphatic carbocycles. The SMILES string of the molecule is CC(C)(C)OC(=O)N1[C@@H](c2ccc(OCc3ccccc3)cc2)[C@H](C(=O)O)OC1(C)C. The third-order valence-electron chi connectivity index (χ3n) is 4.86. The second kappa shape index (κ2) is 8.59. The highest BCUT2D eigenvalue weighted by atomic mass is 16.6. The molecule has 1 fully saturated rings. The monoisotopic (exact) mass is 427 g/mol. The molecule has 1 aliphatic heterocycles. The van der Waals surface area contributed by atoms with Gasteiger partial charge in [0.05, 0.1) is 0 Å². The topological polar surface area (TPSA) is 85.3 Å². The van der Waals surface area contributed by atoms with Gasteiger partial charge < -0.3 is 19.3 Å². The predicted molar refractivity (Wildman–Crippen MR) is 115 cm³/mol. The molecule has 0 unspecified atom stereocenters. The van der Waals surface area contributed by atoms with E-state index in [0.29, 0.717) is 17.9 Å². The summed E-state index contributed by atoms with van der Waals surface area (Å²) in [5.41, 5.74) is -0.220. The molecule has 2 atom stereocenters. The number of amides is 1. The fraction of sp³-hybridized carbons (Fsp3) is 0.417. The van der Waals surface area contributed by atoms with Crippen LogP contribution in [0.4, 0.5) is 4.79 Å². The maximum absolute atomic E-state index is 13.0. The highest BCUT2D eigenvalue weighted by molar-refractivity contribution is 5.78. The first-order chi connectivity index (χ1) is 14.5. The molecular formula is C24H29NO6. The highest BCUT2D eigenvalue weighted by Crippen LogP contribution is 2.43. The third-order valence-corrected chi connectivity index (χ3v) is 4.86. The summed E-state index contributed by atoms with van der Waals surface area (Å²) in [7, 11) is 0. The second-order valence-electron chi connectivity index (χ2n) is 8.96. The van der Waals surface area contributed by atoms with Crippen molar-refractivity contribution in [1.82, 2.24) is 4.90 Å². The van der Waals surface area contributed by atoms with Gasteiger partial charge in [-0.05, 0) is 57.9 Å². The number of carbonyl (C=O) groups is 2. The molecule has 2 aromatic carbocycles. The summed E-state index contributed by atoms with van der Waals surface area (Å²) in [6.07, 6.45) is -1.85. The molecule has 0 saturated carbocycles. The second-order valence-corrected chi connectivity index (χ2v) is 8.96. The van der Waals surface area contributed by atoms with E-state index in [4.69, 9.17) is 14.2 Å². The van der Waals surface area contributed by atoms with Crippen molar-refractivity contribution in [2.24, 2.45) is 0 Å². The number of hydrogen-bond donors (Lipinski definition) is 1. The van der Waals surface area contributed by atoms with Crippen LogP contribution in [0.1, 0.15) is 51.8 Å². The highest BCUT2D eigenvalue weighted by Gasteiger charge is 2.54. The van der Waals surface area contributed by atoms with Crippen LogP contribution in [-0.4, -0.2) is 39.5 Å². The minimum Gasteiger partial charge on any atom is -0.489 e. The lowest BCUT2D eigenvalue weighted by Gasteiger charge is -2.35. The lowest BCUT2D eigenvalue weighted by molar-refractivity contribution is -0.155. The minimum absolute atomic E-state index is 0.418. The van der Waals surface area contributed by atoms with Crippen molar-refractivity contribution in [3.05, 3.63) is 65.7 Å². The number of carboxylic acid groups (broad SMARTS) is 1. The molecule has 2 aromatic rings. The van der Waals surface area contributed by atoms with Gasteiger partial charge in [-0.2, -0.15) is 0 Å². The lowest BCUT2D eigenvalue weighted by Crippen LogP contribution is -2.47. The Morgan fingerprint density at radius 3 is 2.23 bits per heavy atom. The van der Waals surface area contributed by atoms with E-state index < -0.39 is 35.5 Å². The van der Waals surface area contributed by atoms with Gasteiger partial charge in [0, 0.05) is 0 Å². The van der Waals surface area contributed by atoms with Crippen molar-refractivity contribution in [3.8, 4) is 5.75 Å². The number of nitrogens with zero attached hydrogens (tertiary/aromatic N) is 1. The molecule has 1 saturated heterocycles. The molecule has 1 N–H and O–H groups in total. The van der Waals surface area contributed by atoms with E-state index in [9.17, 15) is 14.7 Å². The van der Waals surface area contributed by atoms with E-state index >= 15 is 0 Å². The van der Waals surface area contributed by atoms with Crippen molar-refractivity contribution >= 4 is 12.1 Å². The summed E-state index contributed by atoms with van der Waals surface area (Å²) in [6.45, 7) is 9.02. The molecule has 0 radical (unpaired) electrons. The van der Waals surface area contributed by atoms with Crippen LogP contribution in [0.5, 0.6) is 5.75 Å². The van der Waals surface area contributed by atoms with Crippen molar-refractivity contribution in [3.63, 3.8) is 0 Å². The van der Waals surface area contributed by atoms with Gasteiger partial charge in [0.15, 0.2) is 6.10 Å². The number of benzene rings is 2. The van der Waals surface area contributed by atoms with Crippen molar-refractivity contribution in [1.29, 1.82) is 0 Å². The molecule has 1 heterocycles. The standard InChI is InChI=1S/C24H29NO6/c1-23(2,3)31-22(28)25-19(20(21(26)27)30-24(25,4)5)17-11-13-18(14-12-17)29-15-16-9-7-6-8-10-16/h6-14,19-20H,15H2,1-5H3,(H,26,27)/t19-,20+/m0/s1. The molecule has 166 valence electrons. The molecule has 1 amide bonds. The molecule has 0 aromatic heterocycles. The molecule has 31 heavy (non-hydrogen) atoms. The van der Waals surface area contributed by atoms with E-state index in [2.05, 4.69) is 0 Å². The summed E-state index contributed by atoms with van der Waals surface area (Å²) in [5, 5.41) is 9.75.